The van der Waals surface area contributed by atoms with E-state index >= 15 is 0 Å². The van der Waals surface area contributed by atoms with Gasteiger partial charge in [0.25, 0.3) is 11.8 Å². The first-order valence-electron chi connectivity index (χ1n) is 6.35. The number of para-hydroxylation sites is 1. The fourth-order valence-electron chi connectivity index (χ4n) is 1.96. The van der Waals surface area contributed by atoms with Crippen molar-refractivity contribution in [1.82, 2.24) is 10.2 Å². The number of thiocarbonyl (C=S) groups is 1. The lowest BCUT2D eigenvalue weighted by atomic mass is 10.1. The van der Waals surface area contributed by atoms with Crippen LogP contribution in [0.5, 0.6) is 11.5 Å². The summed E-state index contributed by atoms with van der Waals surface area (Å²) in [4.78, 5) is 25.6. The minimum absolute atomic E-state index is 0.0296. The number of phenols is 1. The topological polar surface area (TPSA) is 78.9 Å². The Kier molecular flexibility index (Phi) is 4.57. The quantitative estimate of drug-likeness (QED) is 0.378. The van der Waals surface area contributed by atoms with Gasteiger partial charge in [-0.1, -0.05) is 18.2 Å². The molecule has 1 saturated heterocycles. The van der Waals surface area contributed by atoms with Gasteiger partial charge < -0.3 is 9.84 Å². The molecule has 7 heteroatoms. The van der Waals surface area contributed by atoms with Gasteiger partial charge in [0.2, 0.25) is 0 Å². The average molecular weight is 318 g/mol. The number of hydrogen-bond acceptors (Lipinski definition) is 5. The first-order chi connectivity index (χ1) is 10.5. The maximum absolute atomic E-state index is 12.4. The SMILES string of the molecule is C=CCN1C(=O)/C(=C\c2cccc(OC)c2O)C(=O)NC1=S. The second-order valence-electron chi connectivity index (χ2n) is 4.42. The molecule has 1 aromatic carbocycles. The molecule has 2 N–H and O–H groups in total. The van der Waals surface area contributed by atoms with Crippen molar-refractivity contribution >= 4 is 35.2 Å². The van der Waals surface area contributed by atoms with E-state index in [0.29, 0.717) is 5.56 Å². The number of carbonyl (C=O) groups is 2. The molecule has 0 spiro atoms. The number of amides is 2. The van der Waals surface area contributed by atoms with Crippen LogP contribution in [0.15, 0.2) is 36.4 Å². The summed E-state index contributed by atoms with van der Waals surface area (Å²) in [5.41, 5.74) is 0.170. The molecular weight excluding hydrogens is 304 g/mol. The van der Waals surface area contributed by atoms with Crippen molar-refractivity contribution in [3.05, 3.63) is 42.0 Å². The van der Waals surface area contributed by atoms with Crippen molar-refractivity contribution in [2.75, 3.05) is 13.7 Å². The van der Waals surface area contributed by atoms with Crippen LogP contribution in [0.4, 0.5) is 0 Å². The Balaban J connectivity index is 2.45. The van der Waals surface area contributed by atoms with Gasteiger partial charge in [0.15, 0.2) is 16.6 Å². The third kappa shape index (κ3) is 2.84. The second kappa shape index (κ2) is 6.40. The summed E-state index contributed by atoms with van der Waals surface area (Å²) >= 11 is 4.96. The Bertz CT molecular complexity index is 697. The van der Waals surface area contributed by atoms with Crippen molar-refractivity contribution in [3.8, 4) is 11.5 Å². The van der Waals surface area contributed by atoms with Gasteiger partial charge in [-0.25, -0.2) is 0 Å². The van der Waals surface area contributed by atoms with Crippen LogP contribution < -0.4 is 10.1 Å². The minimum atomic E-state index is -0.613. The van der Waals surface area contributed by atoms with E-state index in [2.05, 4.69) is 11.9 Å². The van der Waals surface area contributed by atoms with Crippen LogP contribution in [0, 0.1) is 0 Å². The zero-order chi connectivity index (χ0) is 16.3. The van der Waals surface area contributed by atoms with E-state index < -0.39 is 11.8 Å². The van der Waals surface area contributed by atoms with Gasteiger partial charge in [0.1, 0.15) is 5.57 Å². The number of nitrogens with one attached hydrogen (secondary N) is 1. The molecule has 1 heterocycles. The first-order valence-corrected chi connectivity index (χ1v) is 6.76. The molecule has 2 rings (SSSR count). The number of benzene rings is 1. The van der Waals surface area contributed by atoms with E-state index in [-0.39, 0.29) is 28.7 Å². The highest BCUT2D eigenvalue weighted by Gasteiger charge is 2.32. The van der Waals surface area contributed by atoms with Gasteiger partial charge >= 0.3 is 0 Å². The third-order valence-electron chi connectivity index (χ3n) is 3.05. The van der Waals surface area contributed by atoms with E-state index in [1.54, 1.807) is 18.2 Å². The van der Waals surface area contributed by atoms with E-state index in [0.717, 1.165) is 0 Å². The fraction of sp³-hybridized carbons (Fsp3) is 0.133. The van der Waals surface area contributed by atoms with E-state index in [4.69, 9.17) is 17.0 Å². The van der Waals surface area contributed by atoms with Crippen molar-refractivity contribution < 1.29 is 19.4 Å². The number of phenolic OH excluding ortho intramolecular Hbond substituents is 1. The molecule has 0 radical (unpaired) electrons. The minimum Gasteiger partial charge on any atom is -0.504 e. The molecule has 0 aliphatic carbocycles. The van der Waals surface area contributed by atoms with Gasteiger partial charge in [-0.3, -0.25) is 19.8 Å². The van der Waals surface area contributed by atoms with Crippen LogP contribution in [0.1, 0.15) is 5.56 Å². The highest BCUT2D eigenvalue weighted by Crippen LogP contribution is 2.31. The van der Waals surface area contributed by atoms with Crippen molar-refractivity contribution in [1.29, 1.82) is 0 Å². The molecule has 1 fully saturated rings. The van der Waals surface area contributed by atoms with Gasteiger partial charge in [-0.15, -0.1) is 6.58 Å². The molecule has 0 unspecified atom stereocenters. The number of carbonyl (C=O) groups excluding carboxylic acids is 2. The molecule has 0 bridgehead atoms. The molecule has 0 saturated carbocycles. The standard InChI is InChI=1S/C15H14N2O4S/c1-3-7-17-14(20)10(13(19)16-15(17)22)8-9-5-4-6-11(21-2)12(9)18/h3-6,8,18H,1,7H2,2H3,(H,16,19,22)/b10-8-. The zero-order valence-corrected chi connectivity index (χ0v) is 12.6. The normalized spacial score (nSPS) is 16.7. The number of ether oxygens (including phenoxy) is 1. The highest BCUT2D eigenvalue weighted by atomic mass is 32.1. The molecule has 1 aromatic rings. The molecular formula is C15H14N2O4S. The lowest BCUT2D eigenvalue weighted by Gasteiger charge is -2.27. The number of nitrogens with zero attached hydrogens (tertiary/aromatic N) is 1. The van der Waals surface area contributed by atoms with Crippen LogP contribution >= 0.6 is 12.2 Å². The van der Waals surface area contributed by atoms with E-state index in [1.165, 1.54) is 24.2 Å². The van der Waals surface area contributed by atoms with E-state index in [1.807, 2.05) is 0 Å². The van der Waals surface area contributed by atoms with Gasteiger partial charge in [-0.2, -0.15) is 0 Å². The summed E-state index contributed by atoms with van der Waals surface area (Å²) in [5.74, 6) is -1.06. The molecule has 1 aliphatic rings. The summed E-state index contributed by atoms with van der Waals surface area (Å²) in [6, 6.07) is 4.78. The first kappa shape index (κ1) is 15.7. The van der Waals surface area contributed by atoms with Crippen LogP contribution in [0.2, 0.25) is 0 Å². The Labute approximate surface area is 132 Å². The number of rotatable bonds is 4. The summed E-state index contributed by atoms with van der Waals surface area (Å²) in [6.45, 7) is 3.73. The maximum atomic E-state index is 12.4. The number of hydrogen-bond donors (Lipinski definition) is 2. The van der Waals surface area contributed by atoms with Crippen LogP contribution in [0.3, 0.4) is 0 Å². The predicted octanol–water partition coefficient (Wildman–Crippen LogP) is 1.21. The Hall–Kier alpha value is -2.67. The lowest BCUT2D eigenvalue weighted by molar-refractivity contribution is -0.128. The molecule has 0 atom stereocenters. The average Bonchev–Trinajstić information content (AvgIpc) is 2.49. The molecule has 6 nitrogen and oxygen atoms in total. The van der Waals surface area contributed by atoms with Crippen LogP contribution in [0.25, 0.3) is 6.08 Å². The van der Waals surface area contributed by atoms with Gasteiger partial charge in [0.05, 0.1) is 7.11 Å². The van der Waals surface area contributed by atoms with Crippen molar-refractivity contribution in [2.45, 2.75) is 0 Å². The van der Waals surface area contributed by atoms with E-state index in [9.17, 15) is 14.7 Å². The number of aromatic hydroxyl groups is 1. The molecule has 22 heavy (non-hydrogen) atoms. The van der Waals surface area contributed by atoms with Crippen LogP contribution in [-0.2, 0) is 9.59 Å². The van der Waals surface area contributed by atoms with Gasteiger partial charge in [0, 0.05) is 12.1 Å². The smallest absolute Gasteiger partial charge is 0.265 e. The predicted molar refractivity (Wildman–Crippen MR) is 85.3 cm³/mol. The highest BCUT2D eigenvalue weighted by molar-refractivity contribution is 7.80. The number of methoxy groups -OCH3 is 1. The summed E-state index contributed by atoms with van der Waals surface area (Å²) in [7, 11) is 1.41. The summed E-state index contributed by atoms with van der Waals surface area (Å²) in [6.07, 6.45) is 2.80. The third-order valence-corrected chi connectivity index (χ3v) is 3.37. The monoisotopic (exact) mass is 318 g/mol. The molecule has 0 aromatic heterocycles. The summed E-state index contributed by atoms with van der Waals surface area (Å²) < 4.78 is 5.00. The maximum Gasteiger partial charge on any atom is 0.265 e. The van der Waals surface area contributed by atoms with Gasteiger partial charge in [-0.05, 0) is 24.4 Å². The lowest BCUT2D eigenvalue weighted by Crippen LogP contribution is -2.53. The molecule has 1 aliphatic heterocycles. The Morgan fingerprint density at radius 2 is 2.18 bits per heavy atom. The summed E-state index contributed by atoms with van der Waals surface area (Å²) in [5, 5.41) is 12.5. The largest absolute Gasteiger partial charge is 0.504 e. The molecule has 114 valence electrons. The molecule has 2 amide bonds. The van der Waals surface area contributed by atoms with Crippen LogP contribution in [-0.4, -0.2) is 40.6 Å². The Morgan fingerprint density at radius 3 is 2.82 bits per heavy atom. The zero-order valence-electron chi connectivity index (χ0n) is 11.8. The second-order valence-corrected chi connectivity index (χ2v) is 4.81. The van der Waals surface area contributed by atoms with Crippen molar-refractivity contribution in [3.63, 3.8) is 0 Å². The Morgan fingerprint density at radius 1 is 1.45 bits per heavy atom. The van der Waals surface area contributed by atoms with Crippen molar-refractivity contribution in [2.24, 2.45) is 0 Å². The fourth-order valence-corrected chi connectivity index (χ4v) is 2.22.